The van der Waals surface area contributed by atoms with Gasteiger partial charge in [0.25, 0.3) is 0 Å². The number of thiazole rings is 1. The molecule has 5 nitrogen and oxygen atoms in total. The van der Waals surface area contributed by atoms with E-state index in [4.69, 9.17) is 10.5 Å². The molecule has 1 atom stereocenters. The predicted octanol–water partition coefficient (Wildman–Crippen LogP) is 1.73. The largest absolute Gasteiger partial charge is 0.466 e. The Morgan fingerprint density at radius 2 is 2.53 bits per heavy atom. The number of anilines is 1. The lowest BCUT2D eigenvalue weighted by molar-refractivity contribution is -0.143. The molecule has 2 rings (SSSR count). The van der Waals surface area contributed by atoms with Crippen molar-refractivity contribution >= 4 is 34.1 Å². The molecule has 1 aliphatic rings. The van der Waals surface area contributed by atoms with E-state index in [1.54, 1.807) is 18.6 Å². The number of rotatable bonds is 4. The van der Waals surface area contributed by atoms with Gasteiger partial charge in [0.1, 0.15) is 10.8 Å². The number of carbonyl (C=O) groups is 1. The Morgan fingerprint density at radius 3 is 3.18 bits per heavy atom. The summed E-state index contributed by atoms with van der Waals surface area (Å²) in [5.41, 5.74) is 7.65. The summed E-state index contributed by atoms with van der Waals surface area (Å²) in [6.07, 6.45) is 2.06. The zero-order valence-corrected chi connectivity index (χ0v) is 11.0. The average molecular weight is 271 g/mol. The van der Waals surface area contributed by atoms with Crippen molar-refractivity contribution in [3.63, 3.8) is 0 Å². The van der Waals surface area contributed by atoms with Crippen molar-refractivity contribution in [2.45, 2.75) is 18.7 Å². The summed E-state index contributed by atoms with van der Waals surface area (Å²) < 4.78 is 4.95. The van der Waals surface area contributed by atoms with Crippen LogP contribution >= 0.6 is 23.1 Å². The van der Waals surface area contributed by atoms with Gasteiger partial charge >= 0.3 is 5.97 Å². The molecule has 0 bridgehead atoms. The molecule has 1 aromatic rings. The van der Waals surface area contributed by atoms with Crippen LogP contribution in [0.1, 0.15) is 13.3 Å². The molecule has 0 saturated carbocycles. The average Bonchev–Trinajstić information content (AvgIpc) is 2.89. The van der Waals surface area contributed by atoms with Crippen LogP contribution < -0.4 is 10.6 Å². The molecule has 17 heavy (non-hydrogen) atoms. The fourth-order valence-electron chi connectivity index (χ4n) is 1.53. The van der Waals surface area contributed by atoms with Crippen LogP contribution in [0.5, 0.6) is 0 Å². The van der Waals surface area contributed by atoms with E-state index >= 15 is 0 Å². The summed E-state index contributed by atoms with van der Waals surface area (Å²) in [6, 6.07) is 0. The summed E-state index contributed by atoms with van der Waals surface area (Å²) in [6.45, 7) is 2.20. The van der Waals surface area contributed by atoms with Crippen molar-refractivity contribution in [3.8, 4) is 0 Å². The summed E-state index contributed by atoms with van der Waals surface area (Å²) in [5, 5.41) is 2.76. The van der Waals surface area contributed by atoms with Gasteiger partial charge in [0.15, 0.2) is 0 Å². The lowest BCUT2D eigenvalue weighted by atomic mass is 10.4. The minimum absolute atomic E-state index is 0.0329. The molecule has 0 amide bonds. The van der Waals surface area contributed by atoms with Crippen LogP contribution in [0.2, 0.25) is 0 Å². The van der Waals surface area contributed by atoms with E-state index in [2.05, 4.69) is 4.98 Å². The topological polar surface area (TPSA) is 68.5 Å². The van der Waals surface area contributed by atoms with Crippen molar-refractivity contribution in [3.05, 3.63) is 22.9 Å². The fraction of sp³-hybridized carbons (Fsp3) is 0.400. The molecule has 1 unspecified atom stereocenters. The van der Waals surface area contributed by atoms with Crippen LogP contribution in [0, 0.1) is 0 Å². The Balaban J connectivity index is 2.06. The molecule has 0 spiro atoms. The second kappa shape index (κ2) is 5.42. The molecule has 2 heterocycles. The highest BCUT2D eigenvalue weighted by Gasteiger charge is 2.30. The van der Waals surface area contributed by atoms with E-state index < -0.39 is 0 Å². The molecule has 0 fully saturated rings. The van der Waals surface area contributed by atoms with Gasteiger partial charge in [0.2, 0.25) is 0 Å². The van der Waals surface area contributed by atoms with Crippen LogP contribution in [-0.2, 0) is 9.53 Å². The Morgan fingerprint density at radius 1 is 1.71 bits per heavy atom. The first-order valence-electron chi connectivity index (χ1n) is 5.16. The van der Waals surface area contributed by atoms with Crippen molar-refractivity contribution in [1.82, 2.24) is 4.98 Å². The highest BCUT2D eigenvalue weighted by Crippen LogP contribution is 2.37. The van der Waals surface area contributed by atoms with Gasteiger partial charge in [-0.1, -0.05) is 0 Å². The molecule has 1 aliphatic heterocycles. The van der Waals surface area contributed by atoms with Gasteiger partial charge in [-0.2, -0.15) is 0 Å². The molecule has 92 valence electrons. The van der Waals surface area contributed by atoms with Gasteiger partial charge in [-0.3, -0.25) is 9.78 Å². The molecule has 1 aromatic heterocycles. The van der Waals surface area contributed by atoms with Crippen molar-refractivity contribution in [2.75, 3.05) is 11.5 Å². The van der Waals surface area contributed by atoms with Crippen LogP contribution in [0.4, 0.5) is 5.00 Å². The number of aromatic nitrogens is 1. The highest BCUT2D eigenvalue weighted by atomic mass is 32.2. The number of nitrogens with zero attached hydrogens (tertiary/aromatic N) is 2. The summed E-state index contributed by atoms with van der Waals surface area (Å²) >= 11 is 3.02. The predicted molar refractivity (Wildman–Crippen MR) is 69.5 cm³/mol. The second-order valence-electron chi connectivity index (χ2n) is 3.35. The first-order valence-corrected chi connectivity index (χ1v) is 6.99. The third-order valence-electron chi connectivity index (χ3n) is 2.22. The van der Waals surface area contributed by atoms with Gasteiger partial charge in [-0.25, -0.2) is 0 Å². The fourth-order valence-corrected chi connectivity index (χ4v) is 3.29. The van der Waals surface area contributed by atoms with Gasteiger partial charge < -0.3 is 15.4 Å². The molecule has 2 N–H and O–H groups in total. The van der Waals surface area contributed by atoms with Gasteiger partial charge in [0.05, 0.1) is 30.1 Å². The number of hydrogen-bond donors (Lipinski definition) is 1. The Labute approximate surface area is 108 Å². The Hall–Kier alpha value is -1.21. The van der Waals surface area contributed by atoms with Crippen molar-refractivity contribution in [2.24, 2.45) is 5.73 Å². The summed E-state index contributed by atoms with van der Waals surface area (Å²) in [5.74, 6) is 0.441. The van der Waals surface area contributed by atoms with Gasteiger partial charge in [-0.05, 0) is 6.92 Å². The third kappa shape index (κ3) is 2.73. The number of thioether (sulfide) groups is 1. The van der Waals surface area contributed by atoms with Crippen molar-refractivity contribution in [1.29, 1.82) is 0 Å². The maximum Gasteiger partial charge on any atom is 0.308 e. The molecule has 0 aliphatic carbocycles. The molecule has 0 saturated heterocycles. The zero-order valence-electron chi connectivity index (χ0n) is 9.33. The molecule has 0 aromatic carbocycles. The standard InChI is InChI=1S/C10H13N3O2S2/c1-2-15-10(14)3-8-13(7(11)5-16-8)9-4-12-6-17-9/h4-6,8H,2-3,11H2,1H3. The summed E-state index contributed by atoms with van der Waals surface area (Å²) in [4.78, 5) is 17.4. The maximum atomic E-state index is 11.5. The number of nitrogens with two attached hydrogens (primary N) is 1. The number of carbonyl (C=O) groups excluding carboxylic acids is 1. The molecular weight excluding hydrogens is 258 g/mol. The van der Waals surface area contributed by atoms with E-state index in [0.29, 0.717) is 18.8 Å². The van der Waals surface area contributed by atoms with E-state index in [0.717, 1.165) is 5.00 Å². The van der Waals surface area contributed by atoms with Gasteiger partial charge in [-0.15, -0.1) is 23.1 Å². The lowest BCUT2D eigenvalue weighted by Crippen LogP contribution is -2.33. The number of ether oxygens (including phenoxy) is 1. The number of esters is 1. The summed E-state index contributed by atoms with van der Waals surface area (Å²) in [7, 11) is 0. The minimum atomic E-state index is -0.206. The molecule has 0 radical (unpaired) electrons. The van der Waals surface area contributed by atoms with E-state index in [9.17, 15) is 4.79 Å². The van der Waals surface area contributed by atoms with Crippen LogP contribution in [-0.4, -0.2) is 22.9 Å². The Kier molecular flexibility index (Phi) is 3.90. The number of hydrogen-bond acceptors (Lipinski definition) is 7. The smallest absolute Gasteiger partial charge is 0.308 e. The quantitative estimate of drug-likeness (QED) is 0.841. The molecular formula is C10H13N3O2S2. The van der Waals surface area contributed by atoms with Crippen LogP contribution in [0.15, 0.2) is 22.9 Å². The lowest BCUT2D eigenvalue weighted by Gasteiger charge is -2.24. The van der Waals surface area contributed by atoms with Gasteiger partial charge in [0, 0.05) is 5.41 Å². The van der Waals surface area contributed by atoms with E-state index in [1.807, 2.05) is 10.3 Å². The maximum absolute atomic E-state index is 11.5. The Bertz CT molecular complexity index is 419. The SMILES string of the molecule is CCOC(=O)CC1SC=C(N)N1c1cncs1. The van der Waals surface area contributed by atoms with Crippen LogP contribution in [0.25, 0.3) is 0 Å². The normalized spacial score (nSPS) is 19.2. The second-order valence-corrected chi connectivity index (χ2v) is 5.27. The van der Waals surface area contributed by atoms with Crippen molar-refractivity contribution < 1.29 is 9.53 Å². The first kappa shape index (κ1) is 12.3. The minimum Gasteiger partial charge on any atom is -0.466 e. The zero-order chi connectivity index (χ0) is 12.3. The van der Waals surface area contributed by atoms with E-state index in [-0.39, 0.29) is 11.3 Å². The highest BCUT2D eigenvalue weighted by molar-refractivity contribution is 8.03. The van der Waals surface area contributed by atoms with Crippen LogP contribution in [0.3, 0.4) is 0 Å². The molecule has 7 heteroatoms. The third-order valence-corrected chi connectivity index (χ3v) is 4.06. The first-order chi connectivity index (χ1) is 8.22. The monoisotopic (exact) mass is 271 g/mol. The van der Waals surface area contributed by atoms with E-state index in [1.165, 1.54) is 23.1 Å².